The number of sulfonamides is 1. The van der Waals surface area contributed by atoms with Crippen LogP contribution in [-0.4, -0.2) is 27.0 Å². The number of hydrogen-bond donors (Lipinski definition) is 2. The second-order valence-electron chi connectivity index (χ2n) is 7.57. The van der Waals surface area contributed by atoms with E-state index in [0.717, 1.165) is 5.56 Å². The van der Waals surface area contributed by atoms with E-state index in [0.29, 0.717) is 5.56 Å². The number of benzene rings is 3. The number of alkyl halides is 2. The molecule has 1 unspecified atom stereocenters. The molecule has 0 bridgehead atoms. The highest BCUT2D eigenvalue weighted by atomic mass is 32.2. The molecule has 3 aromatic rings. The first kappa shape index (κ1) is 24.3. The van der Waals surface area contributed by atoms with Crippen LogP contribution in [0.5, 0.6) is 5.75 Å². The van der Waals surface area contributed by atoms with Gasteiger partial charge in [-0.3, -0.25) is 4.79 Å². The number of hydrogen-bond acceptors (Lipinski definition) is 4. The second-order valence-corrected chi connectivity index (χ2v) is 9.28. The third-order valence-corrected chi connectivity index (χ3v) is 6.34. The van der Waals surface area contributed by atoms with Crippen molar-refractivity contribution >= 4 is 15.9 Å². The fraction of sp³-hybridized carbons (Fsp3) is 0.208. The predicted octanol–water partition coefficient (Wildman–Crippen LogP) is 4.49. The summed E-state index contributed by atoms with van der Waals surface area (Å²) in [5.41, 5.74) is 1.72. The SMILES string of the molecule is CC(C)NS(=O)(=O)c1ccc(C(=O)NC(c2ccccc2)c2ccc(OC(F)F)cc2)cc1. The molecular weight excluding hydrogens is 450 g/mol. The lowest BCUT2D eigenvalue weighted by atomic mass is 9.98. The van der Waals surface area contributed by atoms with Crippen molar-refractivity contribution in [3.63, 3.8) is 0 Å². The molecule has 2 N–H and O–H groups in total. The largest absolute Gasteiger partial charge is 0.435 e. The van der Waals surface area contributed by atoms with Gasteiger partial charge in [-0.05, 0) is 61.4 Å². The molecule has 0 spiro atoms. The van der Waals surface area contributed by atoms with Crippen LogP contribution in [0.15, 0.2) is 83.8 Å². The molecule has 0 aliphatic heterocycles. The van der Waals surface area contributed by atoms with E-state index in [1.165, 1.54) is 36.4 Å². The highest BCUT2D eigenvalue weighted by molar-refractivity contribution is 7.89. The van der Waals surface area contributed by atoms with Gasteiger partial charge in [0.25, 0.3) is 5.91 Å². The van der Waals surface area contributed by atoms with Gasteiger partial charge in [0.05, 0.1) is 10.9 Å². The Morgan fingerprint density at radius 3 is 1.97 bits per heavy atom. The molecule has 1 atom stereocenters. The van der Waals surface area contributed by atoms with E-state index in [2.05, 4.69) is 14.8 Å². The van der Waals surface area contributed by atoms with E-state index < -0.39 is 28.6 Å². The van der Waals surface area contributed by atoms with Gasteiger partial charge < -0.3 is 10.1 Å². The summed E-state index contributed by atoms with van der Waals surface area (Å²) in [6.45, 7) is 0.507. The topological polar surface area (TPSA) is 84.5 Å². The molecule has 0 radical (unpaired) electrons. The van der Waals surface area contributed by atoms with Crippen LogP contribution >= 0.6 is 0 Å². The molecule has 0 aliphatic rings. The van der Waals surface area contributed by atoms with Crippen LogP contribution in [0.3, 0.4) is 0 Å². The fourth-order valence-corrected chi connectivity index (χ4v) is 4.48. The van der Waals surface area contributed by atoms with E-state index in [4.69, 9.17) is 0 Å². The van der Waals surface area contributed by atoms with Crippen molar-refractivity contribution in [3.8, 4) is 5.75 Å². The quantitative estimate of drug-likeness (QED) is 0.479. The first-order chi connectivity index (χ1) is 15.7. The van der Waals surface area contributed by atoms with Crippen LogP contribution in [0, 0.1) is 0 Å². The molecule has 33 heavy (non-hydrogen) atoms. The van der Waals surface area contributed by atoms with E-state index in [-0.39, 0.29) is 22.3 Å². The van der Waals surface area contributed by atoms with Crippen LogP contribution in [0.25, 0.3) is 0 Å². The Bertz CT molecular complexity index is 1170. The van der Waals surface area contributed by atoms with Crippen molar-refractivity contribution in [2.45, 2.75) is 37.4 Å². The zero-order valence-corrected chi connectivity index (χ0v) is 18.9. The molecule has 9 heteroatoms. The standard InChI is InChI=1S/C24H24F2N2O4S/c1-16(2)28-33(30,31)21-14-10-19(11-15-21)23(29)27-22(17-6-4-3-5-7-17)18-8-12-20(13-9-18)32-24(25)26/h3-16,22,24,28H,1-2H3,(H,27,29). The molecule has 3 rings (SSSR count). The maximum atomic E-state index is 13.0. The second kappa shape index (κ2) is 10.5. The van der Waals surface area contributed by atoms with Gasteiger partial charge in [-0.1, -0.05) is 42.5 Å². The summed E-state index contributed by atoms with van der Waals surface area (Å²) in [6.07, 6.45) is 0. The van der Waals surface area contributed by atoms with Crippen molar-refractivity contribution in [1.82, 2.24) is 10.0 Å². The predicted molar refractivity (Wildman–Crippen MR) is 121 cm³/mol. The normalized spacial score (nSPS) is 12.5. The van der Waals surface area contributed by atoms with Crippen LogP contribution in [-0.2, 0) is 10.0 Å². The van der Waals surface area contributed by atoms with E-state index in [1.54, 1.807) is 26.0 Å². The molecular formula is C24H24F2N2O4S. The fourth-order valence-electron chi connectivity index (χ4n) is 3.22. The smallest absolute Gasteiger partial charge is 0.387 e. The highest BCUT2D eigenvalue weighted by Crippen LogP contribution is 2.25. The van der Waals surface area contributed by atoms with Crippen molar-refractivity contribution in [3.05, 3.63) is 95.6 Å². The van der Waals surface area contributed by atoms with Gasteiger partial charge in [0.15, 0.2) is 0 Å². The number of halogens is 2. The Kier molecular flexibility index (Phi) is 7.78. The molecule has 0 saturated carbocycles. The van der Waals surface area contributed by atoms with Crippen molar-refractivity contribution in [1.29, 1.82) is 0 Å². The maximum Gasteiger partial charge on any atom is 0.387 e. The third kappa shape index (κ3) is 6.59. The Balaban J connectivity index is 1.84. The lowest BCUT2D eigenvalue weighted by molar-refractivity contribution is -0.0498. The molecule has 0 fully saturated rings. The van der Waals surface area contributed by atoms with Crippen LogP contribution in [0.1, 0.15) is 41.4 Å². The number of amides is 1. The Hall–Kier alpha value is -3.30. The number of carbonyl (C=O) groups excluding carboxylic acids is 1. The lowest BCUT2D eigenvalue weighted by Crippen LogP contribution is -2.31. The first-order valence-electron chi connectivity index (χ1n) is 10.2. The van der Waals surface area contributed by atoms with Gasteiger partial charge in [-0.2, -0.15) is 8.78 Å². The molecule has 0 saturated heterocycles. The summed E-state index contributed by atoms with van der Waals surface area (Å²) < 4.78 is 56.4. The van der Waals surface area contributed by atoms with Crippen molar-refractivity contribution in [2.24, 2.45) is 0 Å². The Morgan fingerprint density at radius 1 is 0.848 bits per heavy atom. The number of rotatable bonds is 9. The maximum absolute atomic E-state index is 13.0. The summed E-state index contributed by atoms with van der Waals surface area (Å²) in [5.74, 6) is -0.406. The monoisotopic (exact) mass is 474 g/mol. The van der Waals surface area contributed by atoms with Gasteiger partial charge in [0.1, 0.15) is 5.75 Å². The summed E-state index contributed by atoms with van der Waals surface area (Å²) in [7, 11) is -3.67. The number of nitrogens with one attached hydrogen (secondary N) is 2. The summed E-state index contributed by atoms with van der Waals surface area (Å²) >= 11 is 0. The number of carbonyl (C=O) groups is 1. The van der Waals surface area contributed by atoms with Crippen LogP contribution in [0.2, 0.25) is 0 Å². The van der Waals surface area contributed by atoms with Crippen molar-refractivity contribution < 1.29 is 26.7 Å². The van der Waals surface area contributed by atoms with Gasteiger partial charge in [0.2, 0.25) is 10.0 Å². The van der Waals surface area contributed by atoms with E-state index in [1.807, 2.05) is 30.3 Å². The van der Waals surface area contributed by atoms with Gasteiger partial charge in [0, 0.05) is 11.6 Å². The van der Waals surface area contributed by atoms with Gasteiger partial charge in [-0.15, -0.1) is 0 Å². The molecule has 6 nitrogen and oxygen atoms in total. The summed E-state index contributed by atoms with van der Waals surface area (Å²) in [6, 6.07) is 20.0. The molecule has 174 valence electrons. The molecule has 3 aromatic carbocycles. The Labute approximate surface area is 191 Å². The zero-order valence-electron chi connectivity index (χ0n) is 18.0. The average molecular weight is 475 g/mol. The molecule has 0 heterocycles. The minimum absolute atomic E-state index is 0.0127. The average Bonchev–Trinajstić information content (AvgIpc) is 2.77. The minimum atomic E-state index is -3.67. The lowest BCUT2D eigenvalue weighted by Gasteiger charge is -2.20. The summed E-state index contributed by atoms with van der Waals surface area (Å²) in [4.78, 5) is 13.0. The molecule has 1 amide bonds. The van der Waals surface area contributed by atoms with Gasteiger partial charge >= 0.3 is 6.61 Å². The Morgan fingerprint density at radius 2 is 1.42 bits per heavy atom. The van der Waals surface area contributed by atoms with Gasteiger partial charge in [-0.25, -0.2) is 13.1 Å². The minimum Gasteiger partial charge on any atom is -0.435 e. The highest BCUT2D eigenvalue weighted by Gasteiger charge is 2.20. The third-order valence-electron chi connectivity index (χ3n) is 4.66. The van der Waals surface area contributed by atoms with Crippen LogP contribution in [0.4, 0.5) is 8.78 Å². The van der Waals surface area contributed by atoms with Crippen LogP contribution < -0.4 is 14.8 Å². The van der Waals surface area contributed by atoms with Crippen molar-refractivity contribution in [2.75, 3.05) is 0 Å². The molecule has 0 aliphatic carbocycles. The van der Waals surface area contributed by atoms with E-state index in [9.17, 15) is 22.0 Å². The number of ether oxygens (including phenoxy) is 1. The first-order valence-corrected chi connectivity index (χ1v) is 11.7. The summed E-state index contributed by atoms with van der Waals surface area (Å²) in [5, 5.41) is 2.92. The van der Waals surface area contributed by atoms with E-state index >= 15 is 0 Å². The zero-order chi connectivity index (χ0) is 24.0. The molecule has 0 aromatic heterocycles.